The number of benzene rings is 1. The van der Waals surface area contributed by atoms with Crippen LogP contribution in [-0.2, 0) is 4.74 Å². The Bertz CT molecular complexity index is 708. The summed E-state index contributed by atoms with van der Waals surface area (Å²) < 4.78 is 11.2. The first-order chi connectivity index (χ1) is 14.9. The summed E-state index contributed by atoms with van der Waals surface area (Å²) in [6, 6.07) is 5.13. The number of amides is 1. The summed E-state index contributed by atoms with van der Waals surface area (Å²) in [5, 5.41) is 0.414. The minimum Gasteiger partial charge on any atom is -0.494 e. The van der Waals surface area contributed by atoms with Crippen molar-refractivity contribution in [3.63, 3.8) is 0 Å². The van der Waals surface area contributed by atoms with E-state index in [0.717, 1.165) is 45.1 Å². The highest BCUT2D eigenvalue weighted by molar-refractivity contribution is 6.33. The first-order valence-corrected chi connectivity index (χ1v) is 11.8. The SMILES string of the molecule is CC(CCOc1ccc(C=O)c(Cl)c1)CC1CCN(C(=O)OC(C)(C)C)CC1.CN(C)C. The minimum absolute atomic E-state index is 0.202. The van der Waals surface area contributed by atoms with Crippen LogP contribution in [0.15, 0.2) is 18.2 Å². The van der Waals surface area contributed by atoms with Crippen LogP contribution < -0.4 is 4.74 Å². The standard InChI is InChI=1S/C22H32ClNO4.C3H9N/c1-16(9-12-27-19-6-5-18(15-25)20(23)14-19)13-17-7-10-24(11-8-17)21(26)28-22(2,3)4;1-4(2)3/h5-6,14-17H,7-13H2,1-4H3;1-3H3. The van der Waals surface area contributed by atoms with Gasteiger partial charge in [-0.2, -0.15) is 0 Å². The number of hydrogen-bond donors (Lipinski definition) is 0. The van der Waals surface area contributed by atoms with Gasteiger partial charge in [0.2, 0.25) is 0 Å². The number of hydrogen-bond acceptors (Lipinski definition) is 5. The van der Waals surface area contributed by atoms with Gasteiger partial charge >= 0.3 is 6.09 Å². The summed E-state index contributed by atoms with van der Waals surface area (Å²) in [5.41, 5.74) is 0.0281. The van der Waals surface area contributed by atoms with Crippen LogP contribution in [0.4, 0.5) is 4.79 Å². The average Bonchev–Trinajstić information content (AvgIpc) is 2.67. The van der Waals surface area contributed by atoms with Gasteiger partial charge in [0.25, 0.3) is 0 Å². The molecule has 2 rings (SSSR count). The van der Waals surface area contributed by atoms with E-state index in [1.54, 1.807) is 18.2 Å². The van der Waals surface area contributed by atoms with Crippen molar-refractivity contribution >= 4 is 24.0 Å². The summed E-state index contributed by atoms with van der Waals surface area (Å²) in [6.45, 7) is 10.1. The molecule has 0 spiro atoms. The van der Waals surface area contributed by atoms with Crippen molar-refractivity contribution in [1.29, 1.82) is 0 Å². The monoisotopic (exact) mass is 468 g/mol. The number of nitrogens with zero attached hydrogens (tertiary/aromatic N) is 2. The maximum Gasteiger partial charge on any atom is 0.410 e. The van der Waals surface area contributed by atoms with Crippen LogP contribution in [0.1, 0.15) is 63.7 Å². The van der Waals surface area contributed by atoms with Crippen molar-refractivity contribution in [1.82, 2.24) is 9.80 Å². The number of rotatable bonds is 7. The molecule has 0 bridgehead atoms. The highest BCUT2D eigenvalue weighted by Crippen LogP contribution is 2.27. The van der Waals surface area contributed by atoms with Gasteiger partial charge < -0.3 is 19.3 Å². The summed E-state index contributed by atoms with van der Waals surface area (Å²) >= 11 is 6.02. The van der Waals surface area contributed by atoms with Gasteiger partial charge in [-0.15, -0.1) is 0 Å². The fraction of sp³-hybridized carbons (Fsp3) is 0.680. The van der Waals surface area contributed by atoms with Crippen molar-refractivity contribution < 1.29 is 19.1 Å². The van der Waals surface area contributed by atoms with Crippen molar-refractivity contribution in [2.75, 3.05) is 40.8 Å². The summed E-state index contributed by atoms with van der Waals surface area (Å²) in [5.74, 6) is 1.87. The van der Waals surface area contributed by atoms with E-state index in [0.29, 0.717) is 34.8 Å². The number of carbonyl (C=O) groups excluding carboxylic acids is 2. The van der Waals surface area contributed by atoms with Crippen molar-refractivity contribution in [2.24, 2.45) is 11.8 Å². The normalized spacial score (nSPS) is 15.6. The van der Waals surface area contributed by atoms with Crippen LogP contribution in [0.25, 0.3) is 0 Å². The minimum atomic E-state index is -0.444. The zero-order chi connectivity index (χ0) is 24.3. The van der Waals surface area contributed by atoms with E-state index in [1.807, 2.05) is 51.7 Å². The largest absolute Gasteiger partial charge is 0.494 e. The fourth-order valence-corrected chi connectivity index (χ4v) is 3.65. The Hall–Kier alpha value is -1.79. The molecule has 1 aliphatic rings. The molecule has 6 nitrogen and oxygen atoms in total. The molecule has 1 fully saturated rings. The Labute approximate surface area is 199 Å². The fourth-order valence-electron chi connectivity index (χ4n) is 3.44. The zero-order valence-electron chi connectivity index (χ0n) is 20.8. The van der Waals surface area contributed by atoms with E-state index in [1.165, 1.54) is 0 Å². The van der Waals surface area contributed by atoms with Gasteiger partial charge in [0, 0.05) is 18.7 Å². The van der Waals surface area contributed by atoms with Gasteiger partial charge in [0.15, 0.2) is 6.29 Å². The highest BCUT2D eigenvalue weighted by atomic mass is 35.5. The molecular formula is C25H41ClN2O4. The summed E-state index contributed by atoms with van der Waals surface area (Å²) in [7, 11) is 6.00. The van der Waals surface area contributed by atoms with Gasteiger partial charge in [-0.25, -0.2) is 4.79 Å². The van der Waals surface area contributed by atoms with E-state index >= 15 is 0 Å². The number of carbonyl (C=O) groups is 2. The molecule has 0 aromatic heterocycles. The van der Waals surface area contributed by atoms with Gasteiger partial charge in [-0.05, 0) is 97.6 Å². The second kappa shape index (κ2) is 13.7. The molecule has 1 unspecified atom stereocenters. The number of ether oxygens (including phenoxy) is 2. The van der Waals surface area contributed by atoms with E-state index in [2.05, 4.69) is 6.92 Å². The lowest BCUT2D eigenvalue weighted by Crippen LogP contribution is -2.41. The Morgan fingerprint density at radius 2 is 1.84 bits per heavy atom. The van der Waals surface area contributed by atoms with E-state index in [4.69, 9.17) is 21.1 Å². The molecule has 1 heterocycles. The van der Waals surface area contributed by atoms with Crippen LogP contribution in [0.3, 0.4) is 0 Å². The lowest BCUT2D eigenvalue weighted by molar-refractivity contribution is 0.0175. The van der Waals surface area contributed by atoms with Crippen LogP contribution in [0.5, 0.6) is 5.75 Å². The maximum atomic E-state index is 12.1. The Balaban J connectivity index is 0.00000118. The number of halogens is 1. The van der Waals surface area contributed by atoms with Gasteiger partial charge in [-0.1, -0.05) is 18.5 Å². The number of aldehydes is 1. The van der Waals surface area contributed by atoms with Crippen molar-refractivity contribution in [2.45, 2.75) is 59.0 Å². The first kappa shape index (κ1) is 28.2. The smallest absolute Gasteiger partial charge is 0.410 e. The summed E-state index contributed by atoms with van der Waals surface area (Å²) in [4.78, 5) is 26.8. The van der Waals surface area contributed by atoms with Crippen LogP contribution in [0, 0.1) is 11.8 Å². The molecule has 0 radical (unpaired) electrons. The Kier molecular flexibility index (Phi) is 12.1. The molecule has 32 heavy (non-hydrogen) atoms. The van der Waals surface area contributed by atoms with Gasteiger partial charge in [-0.3, -0.25) is 4.79 Å². The van der Waals surface area contributed by atoms with Crippen molar-refractivity contribution in [3.05, 3.63) is 28.8 Å². The van der Waals surface area contributed by atoms with E-state index in [9.17, 15) is 9.59 Å². The van der Waals surface area contributed by atoms with Crippen LogP contribution in [-0.4, -0.2) is 68.6 Å². The van der Waals surface area contributed by atoms with Crippen LogP contribution in [0.2, 0.25) is 5.02 Å². The molecule has 1 atom stereocenters. The second-order valence-corrected chi connectivity index (χ2v) is 10.4. The zero-order valence-corrected chi connectivity index (χ0v) is 21.6. The predicted octanol–water partition coefficient (Wildman–Crippen LogP) is 5.77. The maximum absolute atomic E-state index is 12.1. The van der Waals surface area contributed by atoms with E-state index < -0.39 is 5.60 Å². The lowest BCUT2D eigenvalue weighted by Gasteiger charge is -2.34. The Morgan fingerprint density at radius 1 is 1.25 bits per heavy atom. The molecule has 0 aliphatic carbocycles. The highest BCUT2D eigenvalue weighted by Gasteiger charge is 2.27. The topological polar surface area (TPSA) is 59.1 Å². The predicted molar refractivity (Wildman–Crippen MR) is 131 cm³/mol. The molecule has 182 valence electrons. The quantitative estimate of drug-likeness (QED) is 0.475. The van der Waals surface area contributed by atoms with Gasteiger partial charge in [0.05, 0.1) is 11.6 Å². The van der Waals surface area contributed by atoms with E-state index in [-0.39, 0.29) is 6.09 Å². The molecule has 1 aromatic carbocycles. The Morgan fingerprint density at radius 3 is 2.34 bits per heavy atom. The first-order valence-electron chi connectivity index (χ1n) is 11.4. The molecule has 1 aromatic rings. The molecule has 0 saturated carbocycles. The molecule has 7 heteroatoms. The number of piperidine rings is 1. The van der Waals surface area contributed by atoms with Crippen molar-refractivity contribution in [3.8, 4) is 5.75 Å². The third kappa shape index (κ3) is 11.7. The molecule has 0 N–H and O–H groups in total. The van der Waals surface area contributed by atoms with Gasteiger partial charge in [0.1, 0.15) is 11.4 Å². The third-order valence-electron chi connectivity index (χ3n) is 4.98. The molecule has 1 amide bonds. The lowest BCUT2D eigenvalue weighted by atomic mass is 9.87. The molecule has 1 aliphatic heterocycles. The second-order valence-electron chi connectivity index (χ2n) is 10.0. The molecule has 1 saturated heterocycles. The summed E-state index contributed by atoms with van der Waals surface area (Å²) in [6.07, 6.45) is 4.67. The molecular weight excluding hydrogens is 428 g/mol. The number of likely N-dealkylation sites (tertiary alicyclic amines) is 1. The van der Waals surface area contributed by atoms with Crippen LogP contribution >= 0.6 is 11.6 Å². The third-order valence-corrected chi connectivity index (χ3v) is 5.31. The average molecular weight is 469 g/mol.